The first-order chi connectivity index (χ1) is 12.0. The van der Waals surface area contributed by atoms with E-state index >= 15 is 0 Å². The number of hydrogen-bond acceptors (Lipinski definition) is 4. The molecule has 3 N–H and O–H groups in total. The standard InChI is InChI=1S/C18H23N3O4/c19-18(24)15-3-1-9-21(15)17(23)4-2-10-25-13-6-7-14-12(11-13)5-8-16(22)20-14/h6-7,11,15H,1-5,8-10H2,(H2,19,24)(H,20,22)/t15-/m0/s1. The van der Waals surface area contributed by atoms with Gasteiger partial charge in [0.05, 0.1) is 6.61 Å². The summed E-state index contributed by atoms with van der Waals surface area (Å²) in [4.78, 5) is 36.5. The van der Waals surface area contributed by atoms with Crippen molar-refractivity contribution in [3.05, 3.63) is 23.8 Å². The normalized spacial score (nSPS) is 19.3. The zero-order valence-electron chi connectivity index (χ0n) is 14.1. The predicted molar refractivity (Wildman–Crippen MR) is 92.1 cm³/mol. The number of nitrogens with one attached hydrogen (secondary N) is 1. The Morgan fingerprint density at radius 1 is 1.32 bits per heavy atom. The largest absolute Gasteiger partial charge is 0.494 e. The van der Waals surface area contributed by atoms with E-state index in [-0.39, 0.29) is 11.8 Å². The number of primary amides is 1. The zero-order valence-corrected chi connectivity index (χ0v) is 14.1. The molecule has 0 unspecified atom stereocenters. The second kappa shape index (κ2) is 7.55. The first-order valence-electron chi connectivity index (χ1n) is 8.69. The molecule has 1 saturated heterocycles. The number of anilines is 1. The number of hydrogen-bond donors (Lipinski definition) is 2. The Bertz CT molecular complexity index is 689. The quantitative estimate of drug-likeness (QED) is 0.757. The van der Waals surface area contributed by atoms with Crippen LogP contribution in [0.1, 0.15) is 37.7 Å². The highest BCUT2D eigenvalue weighted by atomic mass is 16.5. The molecule has 1 aromatic rings. The first kappa shape index (κ1) is 17.3. The molecule has 7 nitrogen and oxygen atoms in total. The van der Waals surface area contributed by atoms with E-state index in [0.717, 1.165) is 23.4 Å². The minimum atomic E-state index is -0.454. The molecule has 1 aromatic carbocycles. The highest BCUT2D eigenvalue weighted by molar-refractivity contribution is 5.94. The number of rotatable bonds is 6. The fraction of sp³-hybridized carbons (Fsp3) is 0.500. The van der Waals surface area contributed by atoms with Crippen molar-refractivity contribution in [3.8, 4) is 5.75 Å². The molecule has 7 heteroatoms. The van der Waals surface area contributed by atoms with Crippen LogP contribution in [0.4, 0.5) is 5.69 Å². The third kappa shape index (κ3) is 4.10. The van der Waals surface area contributed by atoms with Gasteiger partial charge in [-0.3, -0.25) is 14.4 Å². The van der Waals surface area contributed by atoms with Gasteiger partial charge in [-0.25, -0.2) is 0 Å². The van der Waals surface area contributed by atoms with E-state index in [1.54, 1.807) is 4.90 Å². The molecule has 0 aliphatic carbocycles. The summed E-state index contributed by atoms with van der Waals surface area (Å²) in [7, 11) is 0. The van der Waals surface area contributed by atoms with E-state index < -0.39 is 11.9 Å². The molecule has 3 amide bonds. The number of aryl methyl sites for hydroxylation is 1. The van der Waals surface area contributed by atoms with E-state index in [9.17, 15) is 14.4 Å². The van der Waals surface area contributed by atoms with Gasteiger partial charge >= 0.3 is 0 Å². The summed E-state index contributed by atoms with van der Waals surface area (Å²) in [5, 5.41) is 2.83. The molecule has 2 aliphatic rings. The van der Waals surface area contributed by atoms with Gasteiger partial charge in [0.15, 0.2) is 0 Å². The summed E-state index contributed by atoms with van der Waals surface area (Å²) >= 11 is 0. The van der Waals surface area contributed by atoms with E-state index in [4.69, 9.17) is 10.5 Å². The van der Waals surface area contributed by atoms with Crippen LogP contribution >= 0.6 is 0 Å². The van der Waals surface area contributed by atoms with Gasteiger partial charge in [0.25, 0.3) is 0 Å². The molecular weight excluding hydrogens is 322 g/mol. The van der Waals surface area contributed by atoms with Crippen molar-refractivity contribution in [1.82, 2.24) is 4.90 Å². The van der Waals surface area contributed by atoms with Crippen LogP contribution in [0.2, 0.25) is 0 Å². The van der Waals surface area contributed by atoms with E-state index in [0.29, 0.717) is 45.3 Å². The summed E-state index contributed by atoms with van der Waals surface area (Å²) in [6, 6.07) is 5.13. The lowest BCUT2D eigenvalue weighted by atomic mass is 10.0. The lowest BCUT2D eigenvalue weighted by Gasteiger charge is -2.22. The minimum Gasteiger partial charge on any atom is -0.494 e. The zero-order chi connectivity index (χ0) is 17.8. The van der Waals surface area contributed by atoms with Crippen LogP contribution in [0.15, 0.2) is 18.2 Å². The number of carbonyl (C=O) groups excluding carboxylic acids is 3. The van der Waals surface area contributed by atoms with Crippen LogP contribution in [0.3, 0.4) is 0 Å². The van der Waals surface area contributed by atoms with Gasteiger partial charge in [-0.2, -0.15) is 0 Å². The number of likely N-dealkylation sites (tertiary alicyclic amines) is 1. The van der Waals surface area contributed by atoms with Crippen molar-refractivity contribution in [3.63, 3.8) is 0 Å². The molecule has 134 valence electrons. The fourth-order valence-electron chi connectivity index (χ4n) is 3.37. The summed E-state index contributed by atoms with van der Waals surface area (Å²) in [5.41, 5.74) is 7.24. The minimum absolute atomic E-state index is 0.0378. The number of ether oxygens (including phenoxy) is 1. The molecule has 1 fully saturated rings. The molecule has 0 bridgehead atoms. The van der Waals surface area contributed by atoms with Gasteiger partial charge in [0.2, 0.25) is 17.7 Å². The van der Waals surface area contributed by atoms with Crippen molar-refractivity contribution in [1.29, 1.82) is 0 Å². The highest BCUT2D eigenvalue weighted by Crippen LogP contribution is 2.27. The van der Waals surface area contributed by atoms with Gasteiger partial charge in [-0.1, -0.05) is 0 Å². The van der Waals surface area contributed by atoms with Gasteiger partial charge in [0.1, 0.15) is 11.8 Å². The van der Waals surface area contributed by atoms with Crippen molar-refractivity contribution in [2.45, 2.75) is 44.6 Å². The number of nitrogens with two attached hydrogens (primary N) is 1. The Morgan fingerprint density at radius 3 is 2.96 bits per heavy atom. The third-order valence-corrected chi connectivity index (χ3v) is 4.68. The Labute approximate surface area is 146 Å². The SMILES string of the molecule is NC(=O)[C@@H]1CCCN1C(=O)CCCOc1ccc2c(c1)CCC(=O)N2. The Balaban J connectivity index is 1.45. The van der Waals surface area contributed by atoms with Crippen LogP contribution in [0.5, 0.6) is 5.75 Å². The number of carbonyl (C=O) groups is 3. The average molecular weight is 345 g/mol. The van der Waals surface area contributed by atoms with E-state index in [1.807, 2.05) is 18.2 Å². The molecule has 0 radical (unpaired) electrons. The average Bonchev–Trinajstić information content (AvgIpc) is 3.08. The van der Waals surface area contributed by atoms with Crippen LogP contribution in [0.25, 0.3) is 0 Å². The predicted octanol–water partition coefficient (Wildman–Crippen LogP) is 1.21. The van der Waals surface area contributed by atoms with Gasteiger partial charge in [-0.05, 0) is 49.4 Å². The highest BCUT2D eigenvalue weighted by Gasteiger charge is 2.32. The molecule has 2 heterocycles. The summed E-state index contributed by atoms with van der Waals surface area (Å²) in [6.45, 7) is 1.02. The van der Waals surface area contributed by atoms with Gasteiger partial charge in [-0.15, -0.1) is 0 Å². The number of nitrogens with zero attached hydrogens (tertiary/aromatic N) is 1. The lowest BCUT2D eigenvalue weighted by Crippen LogP contribution is -2.43. The maximum Gasteiger partial charge on any atom is 0.240 e. The monoisotopic (exact) mass is 345 g/mol. The molecule has 25 heavy (non-hydrogen) atoms. The maximum atomic E-state index is 12.2. The number of amides is 3. The summed E-state index contributed by atoms with van der Waals surface area (Å²) in [5.74, 6) is 0.302. The van der Waals surface area contributed by atoms with Gasteiger partial charge in [0, 0.05) is 25.1 Å². The molecule has 3 rings (SSSR count). The van der Waals surface area contributed by atoms with Crippen LogP contribution < -0.4 is 15.8 Å². The molecule has 2 aliphatic heterocycles. The van der Waals surface area contributed by atoms with E-state index in [2.05, 4.69) is 5.32 Å². The second-order valence-corrected chi connectivity index (χ2v) is 6.47. The van der Waals surface area contributed by atoms with Crippen LogP contribution in [-0.4, -0.2) is 41.8 Å². The number of benzene rings is 1. The molecule has 0 aromatic heterocycles. The maximum absolute atomic E-state index is 12.2. The molecule has 0 spiro atoms. The Kier molecular flexibility index (Phi) is 5.21. The summed E-state index contributed by atoms with van der Waals surface area (Å²) in [6.07, 6.45) is 3.59. The second-order valence-electron chi connectivity index (χ2n) is 6.47. The van der Waals surface area contributed by atoms with E-state index in [1.165, 1.54) is 0 Å². The molecule has 0 saturated carbocycles. The van der Waals surface area contributed by atoms with Crippen LogP contribution in [-0.2, 0) is 20.8 Å². The van der Waals surface area contributed by atoms with Crippen molar-refractivity contribution in [2.24, 2.45) is 5.73 Å². The first-order valence-corrected chi connectivity index (χ1v) is 8.69. The Morgan fingerprint density at radius 2 is 2.16 bits per heavy atom. The van der Waals surface area contributed by atoms with Crippen molar-refractivity contribution in [2.75, 3.05) is 18.5 Å². The molecule has 1 atom stereocenters. The molecular formula is C18H23N3O4. The number of fused-ring (bicyclic) bond motifs is 1. The van der Waals surface area contributed by atoms with Crippen molar-refractivity contribution < 1.29 is 19.1 Å². The lowest BCUT2D eigenvalue weighted by molar-refractivity contribution is -0.137. The van der Waals surface area contributed by atoms with Gasteiger partial charge < -0.3 is 20.7 Å². The van der Waals surface area contributed by atoms with Crippen molar-refractivity contribution >= 4 is 23.4 Å². The topological polar surface area (TPSA) is 102 Å². The fourth-order valence-corrected chi connectivity index (χ4v) is 3.37. The Hall–Kier alpha value is -2.57. The third-order valence-electron chi connectivity index (χ3n) is 4.68. The smallest absolute Gasteiger partial charge is 0.240 e. The summed E-state index contributed by atoms with van der Waals surface area (Å²) < 4.78 is 5.71. The van der Waals surface area contributed by atoms with Crippen LogP contribution in [0, 0.1) is 0 Å².